The second-order valence-electron chi connectivity index (χ2n) is 6.46. The number of ketones is 1. The Morgan fingerprint density at radius 3 is 2.60 bits per heavy atom. The molecule has 30 heavy (non-hydrogen) atoms. The van der Waals surface area contributed by atoms with Gasteiger partial charge in [-0.2, -0.15) is 0 Å². The Bertz CT molecular complexity index is 1230. The second-order valence-corrected chi connectivity index (χ2v) is 9.64. The largest absolute Gasteiger partial charge is 0.495 e. The SMILES string of the molecule is COc1ccccc1NC=C1C(=O)c2sccc2N(Cc2ccc(Cl)cc2)S1(=O)=O. The van der Waals surface area contributed by atoms with Crippen LogP contribution in [0.2, 0.25) is 5.02 Å². The van der Waals surface area contributed by atoms with Gasteiger partial charge in [-0.3, -0.25) is 9.10 Å². The van der Waals surface area contributed by atoms with Crippen LogP contribution in [0.3, 0.4) is 0 Å². The fourth-order valence-electron chi connectivity index (χ4n) is 3.12. The standard InChI is InChI=1S/C21H17ClN2O4S2/c1-28-18-5-3-2-4-16(18)23-12-19-20(25)21-17(10-11-29-21)24(30(19,26)27)13-14-6-8-15(22)9-7-14/h2-12,23H,13H2,1H3. The lowest BCUT2D eigenvalue weighted by Crippen LogP contribution is -2.38. The number of carbonyl (C=O) groups excluding carboxylic acids is 1. The van der Waals surface area contributed by atoms with Crippen LogP contribution < -0.4 is 14.4 Å². The van der Waals surface area contributed by atoms with E-state index in [9.17, 15) is 13.2 Å². The molecule has 1 aliphatic heterocycles. The van der Waals surface area contributed by atoms with Gasteiger partial charge in [-0.15, -0.1) is 11.3 Å². The first-order valence-electron chi connectivity index (χ1n) is 8.91. The van der Waals surface area contributed by atoms with E-state index in [1.807, 2.05) is 0 Å². The van der Waals surface area contributed by atoms with Crippen molar-refractivity contribution >= 4 is 50.1 Å². The number of ether oxygens (including phenoxy) is 1. The van der Waals surface area contributed by atoms with Gasteiger partial charge in [-0.1, -0.05) is 35.9 Å². The third-order valence-corrected chi connectivity index (χ3v) is 7.54. The summed E-state index contributed by atoms with van der Waals surface area (Å²) in [5, 5.41) is 5.18. The van der Waals surface area contributed by atoms with Crippen molar-refractivity contribution in [1.82, 2.24) is 0 Å². The molecule has 1 aromatic heterocycles. The van der Waals surface area contributed by atoms with Crippen molar-refractivity contribution in [1.29, 1.82) is 0 Å². The maximum Gasteiger partial charge on any atom is 0.270 e. The molecule has 0 amide bonds. The van der Waals surface area contributed by atoms with Crippen molar-refractivity contribution in [3.05, 3.63) is 86.5 Å². The minimum atomic E-state index is -4.08. The molecule has 0 bridgehead atoms. The number of hydrogen-bond acceptors (Lipinski definition) is 6. The van der Waals surface area contributed by atoms with Gasteiger partial charge in [-0.05, 0) is 41.3 Å². The van der Waals surface area contributed by atoms with Gasteiger partial charge < -0.3 is 10.1 Å². The van der Waals surface area contributed by atoms with Gasteiger partial charge in [0.1, 0.15) is 10.6 Å². The molecule has 154 valence electrons. The average Bonchev–Trinajstić information content (AvgIpc) is 3.22. The number of anilines is 2. The zero-order valence-electron chi connectivity index (χ0n) is 15.8. The van der Waals surface area contributed by atoms with Crippen molar-refractivity contribution in [2.24, 2.45) is 0 Å². The van der Waals surface area contributed by atoms with Crippen molar-refractivity contribution in [3.63, 3.8) is 0 Å². The molecule has 0 radical (unpaired) electrons. The van der Waals surface area contributed by atoms with E-state index in [1.165, 1.54) is 29.0 Å². The van der Waals surface area contributed by atoms with Gasteiger partial charge in [0.2, 0.25) is 5.78 Å². The lowest BCUT2D eigenvalue weighted by Gasteiger charge is -2.29. The summed E-state index contributed by atoms with van der Waals surface area (Å²) in [6, 6.07) is 15.6. The summed E-state index contributed by atoms with van der Waals surface area (Å²) in [6.45, 7) is 0.0858. The van der Waals surface area contributed by atoms with Crippen molar-refractivity contribution in [2.75, 3.05) is 16.7 Å². The van der Waals surface area contributed by atoms with Crippen LogP contribution in [0.15, 0.2) is 71.1 Å². The van der Waals surface area contributed by atoms with E-state index in [-0.39, 0.29) is 11.4 Å². The van der Waals surface area contributed by atoms with E-state index in [0.717, 1.165) is 5.56 Å². The van der Waals surface area contributed by atoms with Crippen LogP contribution >= 0.6 is 22.9 Å². The quantitative estimate of drug-likeness (QED) is 0.548. The molecule has 0 spiro atoms. The highest BCUT2D eigenvalue weighted by Gasteiger charge is 2.41. The predicted octanol–water partition coefficient (Wildman–Crippen LogP) is 4.90. The van der Waals surface area contributed by atoms with Gasteiger partial charge in [-0.25, -0.2) is 8.42 Å². The number of nitrogens with zero attached hydrogens (tertiary/aromatic N) is 1. The van der Waals surface area contributed by atoms with E-state index >= 15 is 0 Å². The number of hydrogen-bond donors (Lipinski definition) is 1. The van der Waals surface area contributed by atoms with Gasteiger partial charge >= 0.3 is 0 Å². The average molecular weight is 461 g/mol. The minimum Gasteiger partial charge on any atom is -0.495 e. The molecule has 0 fully saturated rings. The van der Waals surface area contributed by atoms with Crippen LogP contribution in [0.1, 0.15) is 15.2 Å². The zero-order chi connectivity index (χ0) is 21.3. The van der Waals surface area contributed by atoms with Crippen LogP contribution in [0, 0.1) is 0 Å². The molecule has 6 nitrogen and oxygen atoms in total. The minimum absolute atomic E-state index is 0.0858. The summed E-state index contributed by atoms with van der Waals surface area (Å²) in [5.74, 6) is -0.000376. The molecule has 0 saturated heterocycles. The number of methoxy groups -OCH3 is 1. The van der Waals surface area contributed by atoms with Crippen molar-refractivity contribution < 1.29 is 17.9 Å². The Balaban J connectivity index is 1.75. The number of para-hydroxylation sites is 2. The van der Waals surface area contributed by atoms with Crippen LogP contribution in [0.5, 0.6) is 5.75 Å². The molecule has 0 saturated carbocycles. The van der Waals surface area contributed by atoms with Crippen LogP contribution in [-0.2, 0) is 16.6 Å². The smallest absolute Gasteiger partial charge is 0.270 e. The normalized spacial score (nSPS) is 16.4. The molecule has 0 aliphatic carbocycles. The molecular weight excluding hydrogens is 444 g/mol. The fraction of sp³-hybridized carbons (Fsp3) is 0.0952. The number of thiophene rings is 1. The first kappa shape index (κ1) is 20.5. The van der Waals surface area contributed by atoms with Gasteiger partial charge in [0.15, 0.2) is 4.91 Å². The Hall–Kier alpha value is -2.81. The number of sulfonamides is 1. The second kappa shape index (κ2) is 8.14. The molecular formula is C21H17ClN2O4S2. The molecule has 1 aliphatic rings. The van der Waals surface area contributed by atoms with E-state index in [4.69, 9.17) is 16.3 Å². The summed E-state index contributed by atoms with van der Waals surface area (Å²) in [4.78, 5) is 13.0. The zero-order valence-corrected chi connectivity index (χ0v) is 18.2. The number of halogens is 1. The van der Waals surface area contributed by atoms with Gasteiger partial charge in [0, 0.05) is 11.2 Å². The third-order valence-electron chi connectivity index (χ3n) is 4.62. The molecule has 9 heteroatoms. The van der Waals surface area contributed by atoms with Crippen LogP contribution in [-0.4, -0.2) is 21.3 Å². The highest BCUT2D eigenvalue weighted by Crippen LogP contribution is 2.39. The summed E-state index contributed by atoms with van der Waals surface area (Å²) < 4.78 is 33.3. The van der Waals surface area contributed by atoms with Crippen molar-refractivity contribution in [2.45, 2.75) is 6.54 Å². The Morgan fingerprint density at radius 1 is 1.13 bits per heavy atom. The number of Topliss-reactive ketones (excluding diaryl/α,β-unsaturated/α-hetero) is 1. The van der Waals surface area contributed by atoms with Crippen LogP contribution in [0.4, 0.5) is 11.4 Å². The summed E-state index contributed by atoms with van der Waals surface area (Å²) in [7, 11) is -2.56. The Morgan fingerprint density at radius 2 is 1.87 bits per heavy atom. The maximum atomic E-state index is 13.4. The fourth-order valence-corrected chi connectivity index (χ4v) is 5.73. The van der Waals surface area contributed by atoms with E-state index in [0.29, 0.717) is 27.0 Å². The summed E-state index contributed by atoms with van der Waals surface area (Å²) in [6.07, 6.45) is 1.23. The molecule has 4 rings (SSSR count). The molecule has 0 atom stereocenters. The Kier molecular flexibility index (Phi) is 5.55. The Labute approximate surface area is 183 Å². The molecule has 2 heterocycles. The number of carbonyl (C=O) groups is 1. The lowest BCUT2D eigenvalue weighted by atomic mass is 10.2. The maximum absolute atomic E-state index is 13.4. The number of benzene rings is 2. The molecule has 3 aromatic rings. The van der Waals surface area contributed by atoms with E-state index < -0.39 is 15.8 Å². The number of allylic oxidation sites excluding steroid dienone is 1. The topological polar surface area (TPSA) is 75.7 Å². The number of rotatable bonds is 5. The third kappa shape index (κ3) is 3.69. The summed E-state index contributed by atoms with van der Waals surface area (Å²) in [5.41, 5.74) is 1.69. The molecule has 0 unspecified atom stereocenters. The van der Waals surface area contributed by atoms with Crippen LogP contribution in [0.25, 0.3) is 0 Å². The highest BCUT2D eigenvalue weighted by atomic mass is 35.5. The van der Waals surface area contributed by atoms with Gasteiger partial charge in [0.25, 0.3) is 10.0 Å². The molecule has 2 aromatic carbocycles. The predicted molar refractivity (Wildman–Crippen MR) is 120 cm³/mol. The van der Waals surface area contributed by atoms with E-state index in [2.05, 4.69) is 5.32 Å². The lowest BCUT2D eigenvalue weighted by molar-refractivity contribution is 0.104. The van der Waals surface area contributed by atoms with Crippen molar-refractivity contribution in [3.8, 4) is 5.75 Å². The summed E-state index contributed by atoms with van der Waals surface area (Å²) >= 11 is 7.15. The number of nitrogens with one attached hydrogen (secondary N) is 1. The van der Waals surface area contributed by atoms with E-state index in [1.54, 1.807) is 60.0 Å². The number of fused-ring (bicyclic) bond motifs is 1. The first-order valence-corrected chi connectivity index (χ1v) is 11.6. The van der Waals surface area contributed by atoms with Gasteiger partial charge in [0.05, 0.1) is 25.0 Å². The highest BCUT2D eigenvalue weighted by molar-refractivity contribution is 7.97. The molecule has 1 N–H and O–H groups in total. The first-order chi connectivity index (χ1) is 14.4. The monoisotopic (exact) mass is 460 g/mol.